The second-order valence-corrected chi connectivity index (χ2v) is 7.28. The average molecular weight is 297 g/mol. The van der Waals surface area contributed by atoms with Gasteiger partial charge >= 0.3 is 0 Å². The maximum absolute atomic E-state index is 12.3. The standard InChI is InChI=1S/C14H23N3O2S/c1-11(17(2)3)10-16-20(18,19)13-6-7-14-12(9-13)5-4-8-15-14/h6-7,9,11,15-16H,4-5,8,10H2,1-3H3. The van der Waals surface area contributed by atoms with E-state index in [4.69, 9.17) is 0 Å². The molecule has 0 aliphatic carbocycles. The van der Waals surface area contributed by atoms with Crippen molar-refractivity contribution in [2.75, 3.05) is 32.5 Å². The van der Waals surface area contributed by atoms with Crippen molar-refractivity contribution < 1.29 is 8.42 Å². The van der Waals surface area contributed by atoms with E-state index in [0.29, 0.717) is 11.4 Å². The number of hydrogen-bond acceptors (Lipinski definition) is 4. The quantitative estimate of drug-likeness (QED) is 0.859. The number of likely N-dealkylation sites (N-methyl/N-ethyl adjacent to an activating group) is 1. The number of hydrogen-bond donors (Lipinski definition) is 2. The molecular formula is C14H23N3O2S. The molecule has 1 aromatic carbocycles. The van der Waals surface area contributed by atoms with E-state index in [-0.39, 0.29) is 6.04 Å². The number of fused-ring (bicyclic) bond motifs is 1. The number of rotatable bonds is 5. The van der Waals surface area contributed by atoms with Crippen LogP contribution in [0.25, 0.3) is 0 Å². The van der Waals surface area contributed by atoms with Gasteiger partial charge in [0.25, 0.3) is 0 Å². The number of aryl methyl sites for hydroxylation is 1. The van der Waals surface area contributed by atoms with E-state index in [9.17, 15) is 8.42 Å². The zero-order valence-electron chi connectivity index (χ0n) is 12.3. The summed E-state index contributed by atoms with van der Waals surface area (Å²) in [5.41, 5.74) is 2.14. The Balaban J connectivity index is 2.13. The summed E-state index contributed by atoms with van der Waals surface area (Å²) >= 11 is 0. The first kappa shape index (κ1) is 15.3. The van der Waals surface area contributed by atoms with Gasteiger partial charge in [0.2, 0.25) is 10.0 Å². The molecular weight excluding hydrogens is 274 g/mol. The highest BCUT2D eigenvalue weighted by atomic mass is 32.2. The normalized spacial score (nSPS) is 16.6. The Kier molecular flexibility index (Phi) is 4.67. The number of anilines is 1. The lowest BCUT2D eigenvalue weighted by Gasteiger charge is -2.21. The van der Waals surface area contributed by atoms with Crippen LogP contribution in [0, 0.1) is 0 Å². The lowest BCUT2D eigenvalue weighted by atomic mass is 10.0. The maximum atomic E-state index is 12.3. The van der Waals surface area contributed by atoms with Gasteiger partial charge in [-0.15, -0.1) is 0 Å². The Morgan fingerprint density at radius 1 is 1.40 bits per heavy atom. The van der Waals surface area contributed by atoms with Gasteiger partial charge in [-0.1, -0.05) is 0 Å². The van der Waals surface area contributed by atoms with Gasteiger partial charge in [0, 0.05) is 24.8 Å². The Labute approximate surface area is 121 Å². The summed E-state index contributed by atoms with van der Waals surface area (Å²) < 4.78 is 27.3. The molecule has 2 N–H and O–H groups in total. The van der Waals surface area contributed by atoms with Gasteiger partial charge in [0.05, 0.1) is 4.90 Å². The van der Waals surface area contributed by atoms with Crippen LogP contribution in [0.4, 0.5) is 5.69 Å². The summed E-state index contributed by atoms with van der Waals surface area (Å²) in [6.45, 7) is 3.35. The predicted octanol–water partition coefficient (Wildman–Crippen LogP) is 1.27. The van der Waals surface area contributed by atoms with Crippen molar-refractivity contribution in [1.29, 1.82) is 0 Å². The molecule has 1 unspecified atom stereocenters. The highest BCUT2D eigenvalue weighted by Gasteiger charge is 2.18. The first-order chi connectivity index (χ1) is 9.40. The summed E-state index contributed by atoms with van der Waals surface area (Å²) in [4.78, 5) is 2.34. The molecule has 0 saturated heterocycles. The molecule has 2 rings (SSSR count). The van der Waals surface area contributed by atoms with Crippen LogP contribution < -0.4 is 10.0 Å². The minimum atomic E-state index is -3.43. The second-order valence-electron chi connectivity index (χ2n) is 5.51. The third-order valence-corrected chi connectivity index (χ3v) is 5.20. The lowest BCUT2D eigenvalue weighted by Crippen LogP contribution is -2.38. The maximum Gasteiger partial charge on any atom is 0.240 e. The van der Waals surface area contributed by atoms with Crippen LogP contribution >= 0.6 is 0 Å². The monoisotopic (exact) mass is 297 g/mol. The zero-order chi connectivity index (χ0) is 14.8. The van der Waals surface area contributed by atoms with Crippen LogP contribution in [0.2, 0.25) is 0 Å². The van der Waals surface area contributed by atoms with Crippen molar-refractivity contribution in [3.05, 3.63) is 23.8 Å². The van der Waals surface area contributed by atoms with Crippen molar-refractivity contribution in [3.63, 3.8) is 0 Å². The molecule has 5 nitrogen and oxygen atoms in total. The van der Waals surface area contributed by atoms with Crippen molar-refractivity contribution in [3.8, 4) is 0 Å². The Morgan fingerprint density at radius 3 is 2.85 bits per heavy atom. The van der Waals surface area contributed by atoms with Crippen molar-refractivity contribution >= 4 is 15.7 Å². The SMILES string of the molecule is CC(CNS(=O)(=O)c1ccc2c(c1)CCCN2)N(C)C. The summed E-state index contributed by atoms with van der Waals surface area (Å²) in [5, 5.41) is 3.28. The molecule has 0 bridgehead atoms. The van der Waals surface area contributed by atoms with Gasteiger partial charge in [-0.2, -0.15) is 0 Å². The van der Waals surface area contributed by atoms with Crippen LogP contribution in [0.5, 0.6) is 0 Å². The molecule has 1 aromatic rings. The molecule has 1 aliphatic heterocycles. The third-order valence-electron chi connectivity index (χ3n) is 3.78. The number of nitrogens with zero attached hydrogens (tertiary/aromatic N) is 1. The fourth-order valence-electron chi connectivity index (χ4n) is 2.11. The van der Waals surface area contributed by atoms with Crippen molar-refractivity contribution in [1.82, 2.24) is 9.62 Å². The summed E-state index contributed by atoms with van der Waals surface area (Å²) in [5.74, 6) is 0. The molecule has 1 atom stereocenters. The number of benzene rings is 1. The average Bonchev–Trinajstić information content (AvgIpc) is 2.44. The van der Waals surface area contributed by atoms with Crippen LogP contribution in [0.3, 0.4) is 0 Å². The molecule has 1 aliphatic rings. The summed E-state index contributed by atoms with van der Waals surface area (Å²) in [6, 6.07) is 5.46. The molecule has 0 fully saturated rings. The van der Waals surface area contributed by atoms with Gasteiger partial charge in [-0.3, -0.25) is 0 Å². The summed E-state index contributed by atoms with van der Waals surface area (Å²) in [6.07, 6.45) is 1.97. The van der Waals surface area contributed by atoms with E-state index in [0.717, 1.165) is 30.6 Å². The van der Waals surface area contributed by atoms with Gasteiger partial charge in [-0.05, 0) is 57.6 Å². The third kappa shape index (κ3) is 3.50. The van der Waals surface area contributed by atoms with E-state index >= 15 is 0 Å². The van der Waals surface area contributed by atoms with Crippen molar-refractivity contribution in [2.45, 2.75) is 30.7 Å². The highest BCUT2D eigenvalue weighted by molar-refractivity contribution is 7.89. The van der Waals surface area contributed by atoms with E-state index in [1.54, 1.807) is 12.1 Å². The first-order valence-corrected chi connectivity index (χ1v) is 8.41. The molecule has 20 heavy (non-hydrogen) atoms. The van der Waals surface area contributed by atoms with Crippen LogP contribution in [-0.4, -0.2) is 46.5 Å². The smallest absolute Gasteiger partial charge is 0.240 e. The van der Waals surface area contributed by atoms with E-state index < -0.39 is 10.0 Å². The van der Waals surface area contributed by atoms with E-state index in [2.05, 4.69) is 10.0 Å². The molecule has 112 valence electrons. The molecule has 6 heteroatoms. The highest BCUT2D eigenvalue weighted by Crippen LogP contribution is 2.24. The lowest BCUT2D eigenvalue weighted by molar-refractivity contribution is 0.314. The topological polar surface area (TPSA) is 61.4 Å². The molecule has 0 radical (unpaired) electrons. The van der Waals surface area contributed by atoms with Crippen LogP contribution in [-0.2, 0) is 16.4 Å². The predicted molar refractivity (Wildman–Crippen MR) is 81.6 cm³/mol. The summed E-state index contributed by atoms with van der Waals surface area (Å²) in [7, 11) is 0.441. The molecule has 0 aromatic heterocycles. The second kappa shape index (κ2) is 6.11. The fourth-order valence-corrected chi connectivity index (χ4v) is 3.29. The van der Waals surface area contributed by atoms with Gasteiger partial charge < -0.3 is 10.2 Å². The minimum Gasteiger partial charge on any atom is -0.385 e. The molecule has 1 heterocycles. The van der Waals surface area contributed by atoms with Gasteiger partial charge in [0.15, 0.2) is 0 Å². The van der Waals surface area contributed by atoms with Gasteiger partial charge in [0.1, 0.15) is 0 Å². The van der Waals surface area contributed by atoms with E-state index in [1.807, 2.05) is 32.0 Å². The molecule has 0 amide bonds. The van der Waals surface area contributed by atoms with Crippen LogP contribution in [0.15, 0.2) is 23.1 Å². The Morgan fingerprint density at radius 2 is 2.15 bits per heavy atom. The van der Waals surface area contributed by atoms with Crippen LogP contribution in [0.1, 0.15) is 18.9 Å². The van der Waals surface area contributed by atoms with Crippen molar-refractivity contribution in [2.24, 2.45) is 0 Å². The fraction of sp³-hybridized carbons (Fsp3) is 0.571. The van der Waals surface area contributed by atoms with E-state index in [1.165, 1.54) is 0 Å². The first-order valence-electron chi connectivity index (χ1n) is 6.93. The molecule has 0 spiro atoms. The Bertz CT molecular complexity index is 570. The number of nitrogens with one attached hydrogen (secondary N) is 2. The Hall–Kier alpha value is -1.11. The molecule has 0 saturated carbocycles. The largest absolute Gasteiger partial charge is 0.385 e. The number of sulfonamides is 1. The van der Waals surface area contributed by atoms with Gasteiger partial charge in [-0.25, -0.2) is 13.1 Å². The zero-order valence-corrected chi connectivity index (χ0v) is 13.1. The minimum absolute atomic E-state index is 0.157.